The third-order valence-corrected chi connectivity index (χ3v) is 1.37. The van der Waals surface area contributed by atoms with Gasteiger partial charge in [-0.05, 0) is 6.92 Å². The van der Waals surface area contributed by atoms with E-state index in [1.807, 2.05) is 6.92 Å². The fourth-order valence-corrected chi connectivity index (χ4v) is 0.776. The SMILES string of the molecule is CCOCCSC(=N)N. The summed E-state index contributed by atoms with van der Waals surface area (Å²) in [6, 6.07) is 0. The van der Waals surface area contributed by atoms with Crippen LogP contribution in [0, 0.1) is 5.41 Å². The molecule has 0 heterocycles. The van der Waals surface area contributed by atoms with Gasteiger partial charge >= 0.3 is 0 Å². The van der Waals surface area contributed by atoms with Crippen LogP contribution in [0.1, 0.15) is 6.92 Å². The average Bonchev–Trinajstić information content (AvgIpc) is 1.80. The van der Waals surface area contributed by atoms with E-state index >= 15 is 0 Å². The van der Waals surface area contributed by atoms with Crippen molar-refractivity contribution in [3.05, 3.63) is 0 Å². The fourth-order valence-electron chi connectivity index (χ4n) is 0.355. The van der Waals surface area contributed by atoms with Crippen molar-refractivity contribution in [2.75, 3.05) is 19.0 Å². The molecule has 0 aliphatic carbocycles. The Labute approximate surface area is 59.5 Å². The van der Waals surface area contributed by atoms with Gasteiger partial charge in [-0.3, -0.25) is 5.41 Å². The van der Waals surface area contributed by atoms with Gasteiger partial charge in [-0.15, -0.1) is 0 Å². The summed E-state index contributed by atoms with van der Waals surface area (Å²) < 4.78 is 5.01. The van der Waals surface area contributed by atoms with E-state index in [-0.39, 0.29) is 5.17 Å². The molecule has 0 saturated heterocycles. The highest BCUT2D eigenvalue weighted by molar-refractivity contribution is 8.13. The topological polar surface area (TPSA) is 59.1 Å². The standard InChI is InChI=1S/C5H12N2OS/c1-2-8-3-4-9-5(6)7/h2-4H2,1H3,(H3,6,7). The molecule has 0 aliphatic heterocycles. The van der Waals surface area contributed by atoms with Crippen LogP contribution in [0.4, 0.5) is 0 Å². The summed E-state index contributed by atoms with van der Waals surface area (Å²) in [7, 11) is 0. The van der Waals surface area contributed by atoms with Crippen molar-refractivity contribution in [1.29, 1.82) is 5.41 Å². The molecule has 9 heavy (non-hydrogen) atoms. The Morgan fingerprint density at radius 1 is 1.78 bits per heavy atom. The summed E-state index contributed by atoms with van der Waals surface area (Å²) in [5.74, 6) is 0.781. The summed E-state index contributed by atoms with van der Waals surface area (Å²) in [4.78, 5) is 0. The first-order valence-corrected chi connectivity index (χ1v) is 3.80. The molecule has 0 unspecified atom stereocenters. The van der Waals surface area contributed by atoms with E-state index in [2.05, 4.69) is 0 Å². The van der Waals surface area contributed by atoms with Crippen LogP contribution in [0.25, 0.3) is 0 Å². The highest BCUT2D eigenvalue weighted by Crippen LogP contribution is 1.95. The Hall–Kier alpha value is -0.220. The maximum Gasteiger partial charge on any atom is 0.151 e. The van der Waals surface area contributed by atoms with Crippen LogP contribution in [-0.2, 0) is 4.74 Å². The van der Waals surface area contributed by atoms with Gasteiger partial charge < -0.3 is 10.5 Å². The van der Waals surface area contributed by atoms with Gasteiger partial charge in [0, 0.05) is 12.4 Å². The van der Waals surface area contributed by atoms with E-state index in [1.165, 1.54) is 11.8 Å². The van der Waals surface area contributed by atoms with Gasteiger partial charge in [-0.2, -0.15) is 0 Å². The van der Waals surface area contributed by atoms with Crippen molar-refractivity contribution < 1.29 is 4.74 Å². The van der Waals surface area contributed by atoms with Gasteiger partial charge in [-0.25, -0.2) is 0 Å². The Kier molecular flexibility index (Phi) is 5.76. The third-order valence-electron chi connectivity index (χ3n) is 0.689. The number of amidine groups is 1. The van der Waals surface area contributed by atoms with Crippen LogP contribution in [-0.4, -0.2) is 24.1 Å². The molecule has 0 bridgehead atoms. The molecule has 0 aromatic rings. The molecule has 3 N–H and O–H groups in total. The number of hydrogen-bond donors (Lipinski definition) is 2. The Morgan fingerprint density at radius 2 is 2.44 bits per heavy atom. The predicted octanol–water partition coefficient (Wildman–Crippen LogP) is 0.650. The monoisotopic (exact) mass is 148 g/mol. The first kappa shape index (κ1) is 8.78. The van der Waals surface area contributed by atoms with Crippen molar-refractivity contribution in [2.45, 2.75) is 6.92 Å². The van der Waals surface area contributed by atoms with Gasteiger partial charge in [0.2, 0.25) is 0 Å². The Balaban J connectivity index is 2.83. The summed E-state index contributed by atoms with van der Waals surface area (Å²) in [5, 5.41) is 6.98. The minimum Gasteiger partial charge on any atom is -0.381 e. The number of hydrogen-bond acceptors (Lipinski definition) is 3. The Bertz CT molecular complexity index is 87.0. The van der Waals surface area contributed by atoms with Gasteiger partial charge in [0.25, 0.3) is 0 Å². The lowest BCUT2D eigenvalue weighted by Crippen LogP contribution is -2.07. The van der Waals surface area contributed by atoms with Crippen LogP contribution >= 0.6 is 11.8 Å². The van der Waals surface area contributed by atoms with Gasteiger partial charge in [0.15, 0.2) is 5.17 Å². The fraction of sp³-hybridized carbons (Fsp3) is 0.800. The molecule has 4 heteroatoms. The number of thioether (sulfide) groups is 1. The van der Waals surface area contributed by atoms with E-state index in [1.54, 1.807) is 0 Å². The molecule has 0 fully saturated rings. The maximum absolute atomic E-state index is 6.82. The predicted molar refractivity (Wildman–Crippen MR) is 40.9 cm³/mol. The highest BCUT2D eigenvalue weighted by Gasteiger charge is 1.88. The molecule has 0 radical (unpaired) electrons. The molecule has 0 aliphatic rings. The lowest BCUT2D eigenvalue weighted by atomic mass is 10.8. The molecule has 0 rings (SSSR count). The summed E-state index contributed by atoms with van der Waals surface area (Å²) in [5.41, 5.74) is 5.07. The van der Waals surface area contributed by atoms with Crippen molar-refractivity contribution in [1.82, 2.24) is 0 Å². The Morgan fingerprint density at radius 3 is 2.89 bits per heavy atom. The number of ether oxygens (including phenoxy) is 1. The molecule has 0 saturated carbocycles. The molecular formula is C5H12N2OS. The lowest BCUT2D eigenvalue weighted by molar-refractivity contribution is 0.164. The number of nitrogens with two attached hydrogens (primary N) is 1. The smallest absolute Gasteiger partial charge is 0.151 e. The number of rotatable bonds is 4. The second-order valence-corrected chi connectivity index (χ2v) is 2.55. The zero-order valence-electron chi connectivity index (χ0n) is 5.52. The van der Waals surface area contributed by atoms with Crippen molar-refractivity contribution in [3.8, 4) is 0 Å². The highest BCUT2D eigenvalue weighted by atomic mass is 32.2. The zero-order chi connectivity index (χ0) is 7.11. The minimum absolute atomic E-state index is 0.162. The second kappa shape index (κ2) is 5.91. The third kappa shape index (κ3) is 7.78. The number of nitrogens with one attached hydrogen (secondary N) is 1. The summed E-state index contributed by atoms with van der Waals surface area (Å²) in [6.07, 6.45) is 0. The molecule has 0 aromatic carbocycles. The van der Waals surface area contributed by atoms with Gasteiger partial charge in [0.1, 0.15) is 0 Å². The van der Waals surface area contributed by atoms with Crippen molar-refractivity contribution in [3.63, 3.8) is 0 Å². The maximum atomic E-state index is 6.82. The minimum atomic E-state index is 0.162. The van der Waals surface area contributed by atoms with E-state index in [9.17, 15) is 0 Å². The molecular weight excluding hydrogens is 136 g/mol. The quantitative estimate of drug-likeness (QED) is 0.349. The van der Waals surface area contributed by atoms with Crippen LogP contribution in [0.2, 0.25) is 0 Å². The zero-order valence-corrected chi connectivity index (χ0v) is 6.33. The summed E-state index contributed by atoms with van der Waals surface area (Å²) >= 11 is 1.31. The van der Waals surface area contributed by atoms with Crippen molar-refractivity contribution in [2.24, 2.45) is 5.73 Å². The van der Waals surface area contributed by atoms with E-state index in [4.69, 9.17) is 15.9 Å². The van der Waals surface area contributed by atoms with Gasteiger partial charge in [0.05, 0.1) is 6.61 Å². The first-order valence-electron chi connectivity index (χ1n) is 2.82. The van der Waals surface area contributed by atoms with E-state index < -0.39 is 0 Å². The first-order chi connectivity index (χ1) is 4.27. The van der Waals surface area contributed by atoms with Crippen LogP contribution < -0.4 is 5.73 Å². The largest absolute Gasteiger partial charge is 0.381 e. The van der Waals surface area contributed by atoms with Gasteiger partial charge in [-0.1, -0.05) is 11.8 Å². The molecule has 54 valence electrons. The molecule has 3 nitrogen and oxygen atoms in total. The normalized spacial score (nSPS) is 9.44. The van der Waals surface area contributed by atoms with Crippen LogP contribution in [0.15, 0.2) is 0 Å². The molecule has 0 spiro atoms. The van der Waals surface area contributed by atoms with Crippen molar-refractivity contribution >= 4 is 16.9 Å². The lowest BCUT2D eigenvalue weighted by Gasteiger charge is -1.97. The van der Waals surface area contributed by atoms with E-state index in [0.717, 1.165) is 12.4 Å². The van der Waals surface area contributed by atoms with Crippen LogP contribution in [0.3, 0.4) is 0 Å². The molecule has 0 aromatic heterocycles. The van der Waals surface area contributed by atoms with Crippen LogP contribution in [0.5, 0.6) is 0 Å². The molecule has 0 atom stereocenters. The second-order valence-electron chi connectivity index (χ2n) is 1.41. The average molecular weight is 148 g/mol. The molecule has 0 amide bonds. The summed E-state index contributed by atoms with van der Waals surface area (Å²) in [6.45, 7) is 3.36. The van der Waals surface area contributed by atoms with E-state index in [0.29, 0.717) is 6.61 Å².